The average molecular weight is 316 g/mol. The molecule has 3 nitrogen and oxygen atoms in total. The van der Waals surface area contributed by atoms with Gasteiger partial charge in [-0.25, -0.2) is 0 Å². The Hall–Kier alpha value is -1.06. The van der Waals surface area contributed by atoms with Crippen LogP contribution in [0.25, 0.3) is 0 Å². The summed E-state index contributed by atoms with van der Waals surface area (Å²) in [5, 5.41) is 0. The molecule has 1 saturated heterocycles. The molecule has 3 rings (SSSR count). The molecule has 23 heavy (non-hydrogen) atoms. The summed E-state index contributed by atoms with van der Waals surface area (Å²) in [6.45, 7) is 5.16. The summed E-state index contributed by atoms with van der Waals surface area (Å²) in [5.74, 6) is 1.15. The smallest absolute Gasteiger partial charge is 0.0968 e. The van der Waals surface area contributed by atoms with Crippen molar-refractivity contribution in [3.05, 3.63) is 35.6 Å². The molecule has 128 valence electrons. The summed E-state index contributed by atoms with van der Waals surface area (Å²) >= 11 is 0. The number of nitrogens with two attached hydrogens (primary N) is 1. The Balaban J connectivity index is 1.65. The van der Waals surface area contributed by atoms with Crippen LogP contribution in [0.3, 0.4) is 0 Å². The standard InChI is InChI=1S/C20H32N2O/c21-11-6-14-23-19-9-5-10-20(16-19,15-18-7-4-8-18)17-22-12-2-1-3-13-22/h5,7,9-10H,1-4,6,8,11-17,21H2. The molecule has 2 aliphatic carbocycles. The number of hydrogen-bond donors (Lipinski definition) is 1. The number of piperidine rings is 1. The number of allylic oxidation sites excluding steroid dienone is 5. The maximum Gasteiger partial charge on any atom is 0.0968 e. The number of hydrogen-bond acceptors (Lipinski definition) is 3. The van der Waals surface area contributed by atoms with Gasteiger partial charge in [-0.05, 0) is 64.2 Å². The van der Waals surface area contributed by atoms with Gasteiger partial charge in [0.25, 0.3) is 0 Å². The minimum atomic E-state index is 0.233. The minimum absolute atomic E-state index is 0.233. The summed E-state index contributed by atoms with van der Waals surface area (Å²) in [4.78, 5) is 2.68. The van der Waals surface area contributed by atoms with Crippen molar-refractivity contribution in [3.63, 3.8) is 0 Å². The lowest BCUT2D eigenvalue weighted by Crippen LogP contribution is -2.41. The van der Waals surface area contributed by atoms with Crippen molar-refractivity contribution in [2.75, 3.05) is 32.8 Å². The first kappa shape index (κ1) is 16.8. The second-order valence-corrected chi connectivity index (χ2v) is 7.44. The predicted octanol–water partition coefficient (Wildman–Crippen LogP) is 3.78. The average Bonchev–Trinajstić information content (AvgIpc) is 2.53. The molecule has 3 heteroatoms. The first-order valence-corrected chi connectivity index (χ1v) is 9.41. The molecule has 0 aromatic rings. The van der Waals surface area contributed by atoms with Crippen molar-refractivity contribution in [2.45, 2.75) is 51.4 Å². The van der Waals surface area contributed by atoms with E-state index in [1.165, 1.54) is 58.2 Å². The second-order valence-electron chi connectivity index (χ2n) is 7.44. The quantitative estimate of drug-likeness (QED) is 0.547. The normalized spacial score (nSPS) is 28.0. The Bertz CT molecular complexity index is 474. The molecule has 0 spiro atoms. The van der Waals surface area contributed by atoms with Gasteiger partial charge in [0, 0.05) is 18.4 Å². The third-order valence-corrected chi connectivity index (χ3v) is 5.36. The Morgan fingerprint density at radius 1 is 1.22 bits per heavy atom. The van der Waals surface area contributed by atoms with E-state index in [-0.39, 0.29) is 5.41 Å². The predicted molar refractivity (Wildman–Crippen MR) is 96.1 cm³/mol. The number of rotatable bonds is 8. The molecular formula is C20H32N2O. The highest BCUT2D eigenvalue weighted by atomic mass is 16.5. The summed E-state index contributed by atoms with van der Waals surface area (Å²) in [6, 6.07) is 0. The molecule has 1 fully saturated rings. The van der Waals surface area contributed by atoms with Gasteiger partial charge in [0.2, 0.25) is 0 Å². The van der Waals surface area contributed by atoms with Crippen LogP contribution in [0, 0.1) is 5.41 Å². The molecule has 1 unspecified atom stereocenters. The molecule has 2 N–H and O–H groups in total. The molecule has 1 atom stereocenters. The van der Waals surface area contributed by atoms with Gasteiger partial charge in [-0.15, -0.1) is 0 Å². The van der Waals surface area contributed by atoms with E-state index in [1.807, 2.05) is 0 Å². The van der Waals surface area contributed by atoms with E-state index >= 15 is 0 Å². The van der Waals surface area contributed by atoms with E-state index in [2.05, 4.69) is 29.2 Å². The maximum absolute atomic E-state index is 5.99. The van der Waals surface area contributed by atoms with Crippen LogP contribution in [0.5, 0.6) is 0 Å². The van der Waals surface area contributed by atoms with Gasteiger partial charge in [0.05, 0.1) is 12.4 Å². The zero-order chi connectivity index (χ0) is 16.0. The van der Waals surface area contributed by atoms with Crippen molar-refractivity contribution in [1.29, 1.82) is 0 Å². The van der Waals surface area contributed by atoms with E-state index < -0.39 is 0 Å². The summed E-state index contributed by atoms with van der Waals surface area (Å²) in [7, 11) is 0. The lowest BCUT2D eigenvalue weighted by molar-refractivity contribution is 0.125. The summed E-state index contributed by atoms with van der Waals surface area (Å²) in [6.07, 6.45) is 19.1. The van der Waals surface area contributed by atoms with Crippen molar-refractivity contribution in [1.82, 2.24) is 4.90 Å². The Labute approximate surface area is 141 Å². The van der Waals surface area contributed by atoms with Crippen LogP contribution in [0.4, 0.5) is 0 Å². The molecule has 0 radical (unpaired) electrons. The van der Waals surface area contributed by atoms with E-state index in [0.717, 1.165) is 25.2 Å². The highest BCUT2D eigenvalue weighted by molar-refractivity contribution is 5.26. The molecule has 0 saturated carbocycles. The lowest BCUT2D eigenvalue weighted by atomic mass is 9.72. The minimum Gasteiger partial charge on any atom is -0.498 e. The third kappa shape index (κ3) is 4.71. The molecule has 1 heterocycles. The van der Waals surface area contributed by atoms with Crippen LogP contribution < -0.4 is 5.73 Å². The van der Waals surface area contributed by atoms with Crippen LogP contribution in [-0.4, -0.2) is 37.7 Å². The van der Waals surface area contributed by atoms with E-state index in [4.69, 9.17) is 10.5 Å². The van der Waals surface area contributed by atoms with Crippen LogP contribution >= 0.6 is 0 Å². The largest absolute Gasteiger partial charge is 0.498 e. The maximum atomic E-state index is 5.99. The van der Waals surface area contributed by atoms with E-state index in [0.29, 0.717) is 6.54 Å². The summed E-state index contributed by atoms with van der Waals surface area (Å²) < 4.78 is 5.99. The Morgan fingerprint density at radius 2 is 2.04 bits per heavy atom. The fourth-order valence-electron chi connectivity index (χ4n) is 4.02. The zero-order valence-electron chi connectivity index (χ0n) is 14.4. The fourth-order valence-corrected chi connectivity index (χ4v) is 4.02. The highest BCUT2D eigenvalue weighted by Gasteiger charge is 2.34. The molecule has 0 bridgehead atoms. The second kappa shape index (κ2) is 8.16. The highest BCUT2D eigenvalue weighted by Crippen LogP contribution is 2.42. The first-order valence-electron chi connectivity index (χ1n) is 9.41. The Kier molecular flexibility index (Phi) is 5.96. The molecule has 0 aromatic carbocycles. The van der Waals surface area contributed by atoms with Gasteiger partial charge in [0.15, 0.2) is 0 Å². The van der Waals surface area contributed by atoms with Crippen molar-refractivity contribution < 1.29 is 4.74 Å². The van der Waals surface area contributed by atoms with Crippen molar-refractivity contribution in [2.24, 2.45) is 11.1 Å². The number of nitrogens with zero attached hydrogens (tertiary/aromatic N) is 1. The fraction of sp³-hybridized carbons (Fsp3) is 0.700. The van der Waals surface area contributed by atoms with Gasteiger partial charge in [-0.2, -0.15) is 0 Å². The molecule has 3 aliphatic rings. The first-order chi connectivity index (χ1) is 11.3. The lowest BCUT2D eigenvalue weighted by Gasteiger charge is -2.41. The topological polar surface area (TPSA) is 38.5 Å². The van der Waals surface area contributed by atoms with Crippen LogP contribution in [0.15, 0.2) is 35.6 Å². The number of likely N-dealkylation sites (tertiary alicyclic amines) is 1. The van der Waals surface area contributed by atoms with Crippen molar-refractivity contribution >= 4 is 0 Å². The van der Waals surface area contributed by atoms with Crippen LogP contribution in [0.2, 0.25) is 0 Å². The van der Waals surface area contributed by atoms with Gasteiger partial charge < -0.3 is 15.4 Å². The van der Waals surface area contributed by atoms with Crippen molar-refractivity contribution in [3.8, 4) is 0 Å². The zero-order valence-corrected chi connectivity index (χ0v) is 14.4. The van der Waals surface area contributed by atoms with Crippen LogP contribution in [0.1, 0.15) is 51.4 Å². The van der Waals surface area contributed by atoms with E-state index in [9.17, 15) is 0 Å². The molecule has 1 aliphatic heterocycles. The Morgan fingerprint density at radius 3 is 2.74 bits per heavy atom. The molecule has 0 amide bonds. The SMILES string of the molecule is NCCCOC1=CC=CC(CC2=CCC2)(CN2CCCCC2)C1. The van der Waals surface area contributed by atoms with E-state index in [1.54, 1.807) is 5.57 Å². The third-order valence-electron chi connectivity index (χ3n) is 5.36. The molecular weight excluding hydrogens is 284 g/mol. The molecule has 0 aromatic heterocycles. The van der Waals surface area contributed by atoms with Gasteiger partial charge in [-0.1, -0.05) is 30.2 Å². The van der Waals surface area contributed by atoms with Crippen LogP contribution in [-0.2, 0) is 4.74 Å². The van der Waals surface area contributed by atoms with Gasteiger partial charge >= 0.3 is 0 Å². The number of ether oxygens (including phenoxy) is 1. The van der Waals surface area contributed by atoms with Gasteiger partial charge in [-0.3, -0.25) is 0 Å². The monoisotopic (exact) mass is 316 g/mol. The van der Waals surface area contributed by atoms with Gasteiger partial charge in [0.1, 0.15) is 0 Å². The summed E-state index contributed by atoms with van der Waals surface area (Å²) in [5.41, 5.74) is 7.47.